The Bertz CT molecular complexity index is 896. The average Bonchev–Trinajstić information content (AvgIpc) is 3.02. The van der Waals surface area contributed by atoms with E-state index in [0.717, 1.165) is 22.3 Å². The van der Waals surface area contributed by atoms with E-state index in [1.807, 2.05) is 48.5 Å². The number of carbonyl (C=O) groups is 3. The molecule has 2 aromatic rings. The summed E-state index contributed by atoms with van der Waals surface area (Å²) in [5.74, 6) is -4.56. The van der Waals surface area contributed by atoms with Crippen LogP contribution >= 0.6 is 0 Å². The van der Waals surface area contributed by atoms with Crippen LogP contribution in [0.1, 0.15) is 17.0 Å². The van der Waals surface area contributed by atoms with Crippen molar-refractivity contribution in [1.82, 2.24) is 10.6 Å². The van der Waals surface area contributed by atoms with Crippen LogP contribution in [0.5, 0.6) is 0 Å². The fourth-order valence-electron chi connectivity index (χ4n) is 3.96. The largest absolute Gasteiger partial charge is 0.481 e. The summed E-state index contributed by atoms with van der Waals surface area (Å²) in [6, 6.07) is 14.6. The zero-order valence-corrected chi connectivity index (χ0v) is 15.1. The highest BCUT2D eigenvalue weighted by atomic mass is 16.5. The number of rotatable bonds is 5. The number of hydrogen-bond donors (Lipinski definition) is 3. The van der Waals surface area contributed by atoms with Crippen molar-refractivity contribution in [2.75, 3.05) is 19.7 Å². The van der Waals surface area contributed by atoms with Gasteiger partial charge in [0.2, 0.25) is 5.91 Å². The van der Waals surface area contributed by atoms with Gasteiger partial charge in [-0.15, -0.1) is 0 Å². The SMILES string of the molecule is O=C1NCCNC1C(C(=O)O)C(=O)OCC1c2ccccc2-c2ccccc21. The molecule has 144 valence electrons. The molecule has 3 N–H and O–H groups in total. The van der Waals surface area contributed by atoms with Crippen LogP contribution in [-0.4, -0.2) is 48.7 Å². The van der Waals surface area contributed by atoms with E-state index in [-0.39, 0.29) is 12.5 Å². The molecule has 7 nitrogen and oxygen atoms in total. The Morgan fingerprint density at radius 2 is 1.64 bits per heavy atom. The van der Waals surface area contributed by atoms with E-state index >= 15 is 0 Å². The third kappa shape index (κ3) is 3.14. The van der Waals surface area contributed by atoms with E-state index < -0.39 is 29.8 Å². The highest BCUT2D eigenvalue weighted by molar-refractivity contribution is 6.01. The maximum Gasteiger partial charge on any atom is 0.322 e. The minimum Gasteiger partial charge on any atom is -0.481 e. The van der Waals surface area contributed by atoms with Gasteiger partial charge in [0.25, 0.3) is 0 Å². The van der Waals surface area contributed by atoms with Crippen LogP contribution in [0.2, 0.25) is 0 Å². The van der Waals surface area contributed by atoms with Crippen molar-refractivity contribution in [2.45, 2.75) is 12.0 Å². The Morgan fingerprint density at radius 3 is 2.21 bits per heavy atom. The van der Waals surface area contributed by atoms with E-state index in [1.165, 1.54) is 0 Å². The molecular formula is C21H20N2O5. The quantitative estimate of drug-likeness (QED) is 0.531. The molecule has 2 aromatic carbocycles. The van der Waals surface area contributed by atoms with Crippen LogP contribution in [0, 0.1) is 5.92 Å². The van der Waals surface area contributed by atoms with Gasteiger partial charge in [-0.2, -0.15) is 0 Å². The molecule has 1 amide bonds. The number of carboxylic acids is 1. The highest BCUT2D eigenvalue weighted by Gasteiger charge is 2.42. The molecule has 7 heteroatoms. The summed E-state index contributed by atoms with van der Waals surface area (Å²) in [4.78, 5) is 36.2. The molecule has 2 atom stereocenters. The molecule has 1 aliphatic heterocycles. The minimum absolute atomic E-state index is 0.0188. The van der Waals surface area contributed by atoms with Gasteiger partial charge in [-0.25, -0.2) is 0 Å². The lowest BCUT2D eigenvalue weighted by Gasteiger charge is -2.27. The minimum atomic E-state index is -1.59. The van der Waals surface area contributed by atoms with Crippen LogP contribution in [0.25, 0.3) is 11.1 Å². The first-order valence-electron chi connectivity index (χ1n) is 9.16. The van der Waals surface area contributed by atoms with Gasteiger partial charge >= 0.3 is 11.9 Å². The van der Waals surface area contributed by atoms with E-state index in [2.05, 4.69) is 10.6 Å². The Morgan fingerprint density at radius 1 is 1.04 bits per heavy atom. The number of ether oxygens (including phenoxy) is 1. The lowest BCUT2D eigenvalue weighted by atomic mass is 9.96. The van der Waals surface area contributed by atoms with Crippen molar-refractivity contribution in [3.05, 3.63) is 59.7 Å². The molecule has 1 fully saturated rings. The number of carboxylic acid groups (broad SMARTS) is 1. The van der Waals surface area contributed by atoms with Crippen molar-refractivity contribution < 1.29 is 24.2 Å². The molecule has 28 heavy (non-hydrogen) atoms. The second-order valence-corrected chi connectivity index (χ2v) is 6.90. The topological polar surface area (TPSA) is 105 Å². The molecule has 0 radical (unpaired) electrons. The predicted molar refractivity (Wildman–Crippen MR) is 101 cm³/mol. The van der Waals surface area contributed by atoms with Crippen molar-refractivity contribution in [3.8, 4) is 11.1 Å². The van der Waals surface area contributed by atoms with E-state index in [1.54, 1.807) is 0 Å². The second-order valence-electron chi connectivity index (χ2n) is 6.90. The summed E-state index contributed by atoms with van der Waals surface area (Å²) in [6.45, 7) is 0.814. The molecular weight excluding hydrogens is 360 g/mol. The standard InChI is InChI=1S/C21H20N2O5/c24-19-18(22-9-10-23-19)17(20(25)26)21(27)28-11-16-14-7-3-1-5-12(14)13-6-2-4-8-15(13)16/h1-8,16-18,22H,9-11H2,(H,23,24)(H,25,26). The zero-order chi connectivity index (χ0) is 19.7. The first-order valence-corrected chi connectivity index (χ1v) is 9.16. The number of esters is 1. The molecule has 0 saturated carbocycles. The molecule has 1 heterocycles. The van der Waals surface area contributed by atoms with Gasteiger partial charge in [0.05, 0.1) is 0 Å². The summed E-state index contributed by atoms with van der Waals surface area (Å²) >= 11 is 0. The summed E-state index contributed by atoms with van der Waals surface area (Å²) in [5, 5.41) is 14.9. The zero-order valence-electron chi connectivity index (χ0n) is 15.1. The van der Waals surface area contributed by atoms with Gasteiger partial charge in [-0.3, -0.25) is 14.4 Å². The fourth-order valence-corrected chi connectivity index (χ4v) is 3.96. The summed E-state index contributed by atoms with van der Waals surface area (Å²) in [7, 11) is 0. The monoisotopic (exact) mass is 380 g/mol. The maximum atomic E-state index is 12.6. The van der Waals surface area contributed by atoms with E-state index in [4.69, 9.17) is 4.74 Å². The highest BCUT2D eigenvalue weighted by Crippen LogP contribution is 2.44. The van der Waals surface area contributed by atoms with Gasteiger partial charge in [-0.05, 0) is 22.3 Å². The first-order chi connectivity index (χ1) is 13.6. The van der Waals surface area contributed by atoms with Gasteiger partial charge in [-0.1, -0.05) is 48.5 Å². The third-order valence-corrected chi connectivity index (χ3v) is 5.28. The van der Waals surface area contributed by atoms with Crippen molar-refractivity contribution in [1.29, 1.82) is 0 Å². The molecule has 0 spiro atoms. The summed E-state index contributed by atoms with van der Waals surface area (Å²) < 4.78 is 5.42. The number of carbonyl (C=O) groups excluding carboxylic acids is 2. The molecule has 2 aliphatic rings. The molecule has 2 unspecified atom stereocenters. The Hall–Kier alpha value is -3.19. The maximum absolute atomic E-state index is 12.6. The molecule has 4 rings (SSSR count). The fraction of sp³-hybridized carbons (Fsp3) is 0.286. The predicted octanol–water partition coefficient (Wildman–Crippen LogP) is 1.13. The smallest absolute Gasteiger partial charge is 0.322 e. The van der Waals surface area contributed by atoms with Gasteiger partial charge in [0.15, 0.2) is 5.92 Å². The number of benzene rings is 2. The summed E-state index contributed by atoms with van der Waals surface area (Å²) in [6.07, 6.45) is 0. The lowest BCUT2D eigenvalue weighted by Crippen LogP contribution is -2.59. The number of amides is 1. The van der Waals surface area contributed by atoms with Gasteiger partial charge in [0.1, 0.15) is 12.6 Å². The number of aliphatic carboxylic acids is 1. The Balaban J connectivity index is 1.54. The van der Waals surface area contributed by atoms with Crippen molar-refractivity contribution >= 4 is 17.8 Å². The number of hydrogen-bond acceptors (Lipinski definition) is 5. The van der Waals surface area contributed by atoms with Gasteiger partial charge in [0, 0.05) is 19.0 Å². The molecule has 0 bridgehead atoms. The number of piperazine rings is 1. The van der Waals surface area contributed by atoms with Crippen LogP contribution < -0.4 is 10.6 Å². The third-order valence-electron chi connectivity index (χ3n) is 5.28. The summed E-state index contributed by atoms with van der Waals surface area (Å²) in [5.41, 5.74) is 4.25. The van der Waals surface area contributed by atoms with Crippen LogP contribution in [0.15, 0.2) is 48.5 Å². The van der Waals surface area contributed by atoms with E-state index in [0.29, 0.717) is 13.1 Å². The van der Waals surface area contributed by atoms with Crippen molar-refractivity contribution in [2.24, 2.45) is 5.92 Å². The van der Waals surface area contributed by atoms with Crippen LogP contribution in [-0.2, 0) is 19.1 Å². The Kier molecular flexibility index (Phi) is 4.83. The first kappa shape index (κ1) is 18.2. The van der Waals surface area contributed by atoms with Crippen LogP contribution in [0.3, 0.4) is 0 Å². The molecule has 1 aliphatic carbocycles. The lowest BCUT2D eigenvalue weighted by molar-refractivity contribution is -0.162. The van der Waals surface area contributed by atoms with E-state index in [9.17, 15) is 19.5 Å². The molecule has 0 aromatic heterocycles. The molecule has 1 saturated heterocycles. The number of fused-ring (bicyclic) bond motifs is 3. The second kappa shape index (κ2) is 7.44. The number of nitrogens with one attached hydrogen (secondary N) is 2. The average molecular weight is 380 g/mol. The van der Waals surface area contributed by atoms with Gasteiger partial charge < -0.3 is 20.5 Å². The van der Waals surface area contributed by atoms with Crippen molar-refractivity contribution in [3.63, 3.8) is 0 Å². The van der Waals surface area contributed by atoms with Crippen LogP contribution in [0.4, 0.5) is 0 Å². The normalized spacial score (nSPS) is 19.3. The Labute approximate surface area is 161 Å².